The molecule has 0 spiro atoms. The van der Waals surface area contributed by atoms with Crippen molar-refractivity contribution in [2.45, 2.75) is 70.8 Å². The normalized spacial score (nSPS) is 12.4. The van der Waals surface area contributed by atoms with E-state index in [0.717, 1.165) is 12.8 Å². The van der Waals surface area contributed by atoms with E-state index in [1.807, 2.05) is 0 Å². The molecule has 3 nitrogen and oxygen atoms in total. The maximum absolute atomic E-state index is 10.0. The number of nitrogens with one attached hydrogen (secondary N) is 1. The minimum Gasteiger partial charge on any atom is -0.374 e. The number of hydrogen-bond donors (Lipinski definition) is 1. The first kappa shape index (κ1) is 16.4. The van der Waals surface area contributed by atoms with E-state index >= 15 is 0 Å². The van der Waals surface area contributed by atoms with Crippen molar-refractivity contribution in [2.24, 2.45) is 0 Å². The molecule has 0 aromatic carbocycles. The van der Waals surface area contributed by atoms with Gasteiger partial charge >= 0.3 is 6.41 Å². The Morgan fingerprint density at radius 2 is 1.71 bits per heavy atom. The highest BCUT2D eigenvalue weighted by Gasteiger charge is 2.05. The first-order chi connectivity index (χ1) is 8.35. The molecule has 0 aromatic rings. The zero-order valence-electron chi connectivity index (χ0n) is 11.2. The van der Waals surface area contributed by atoms with Crippen LogP contribution in [0, 0.1) is 7.11 Å². The Kier molecular flexibility index (Phi) is 13.0. The first-order valence-corrected chi connectivity index (χ1v) is 6.86. The lowest BCUT2D eigenvalue weighted by molar-refractivity contribution is 0.129. The zero-order valence-corrected chi connectivity index (χ0v) is 11.2. The standard InChI is InChI=1S/C14H27NO2/c1-3-4-5-6-7-8-9-10-11-14(17-2)12-15-13-16/h14H,2-12H2,1H3,(H,15,16). The Morgan fingerprint density at radius 1 is 1.12 bits per heavy atom. The summed E-state index contributed by atoms with van der Waals surface area (Å²) < 4.78 is 5.02. The Labute approximate surface area is 106 Å². The number of rotatable bonds is 13. The molecule has 0 fully saturated rings. The second-order valence-electron chi connectivity index (χ2n) is 4.54. The molecule has 1 unspecified atom stereocenters. The zero-order chi connectivity index (χ0) is 12.8. The summed E-state index contributed by atoms with van der Waals surface area (Å²) >= 11 is 0. The average molecular weight is 241 g/mol. The van der Waals surface area contributed by atoms with Crippen molar-refractivity contribution in [1.82, 2.24) is 5.32 Å². The highest BCUT2D eigenvalue weighted by molar-refractivity contribution is 5.46. The van der Waals surface area contributed by atoms with Gasteiger partial charge in [0.25, 0.3) is 0 Å². The molecule has 0 heterocycles. The lowest BCUT2D eigenvalue weighted by Crippen LogP contribution is -2.26. The molecule has 0 saturated heterocycles. The molecule has 1 atom stereocenters. The summed E-state index contributed by atoms with van der Waals surface area (Å²) in [5, 5.41) is 2.50. The van der Waals surface area contributed by atoms with Gasteiger partial charge in [-0.3, -0.25) is 4.79 Å². The van der Waals surface area contributed by atoms with Gasteiger partial charge in [-0.25, -0.2) is 0 Å². The minimum absolute atomic E-state index is 0.0385. The second kappa shape index (κ2) is 13.5. The smallest absolute Gasteiger partial charge is 0.309 e. The summed E-state index contributed by atoms with van der Waals surface area (Å²) in [4.78, 5) is 10.0. The van der Waals surface area contributed by atoms with Crippen LogP contribution in [0.3, 0.4) is 0 Å². The largest absolute Gasteiger partial charge is 0.374 e. The predicted octanol–water partition coefficient (Wildman–Crippen LogP) is 3.35. The van der Waals surface area contributed by atoms with Crippen molar-refractivity contribution < 1.29 is 9.53 Å². The van der Waals surface area contributed by atoms with Crippen LogP contribution in [0.15, 0.2) is 0 Å². The third-order valence-electron chi connectivity index (χ3n) is 3.02. The molecule has 3 heteroatoms. The molecule has 0 bridgehead atoms. The van der Waals surface area contributed by atoms with Crippen LogP contribution in [-0.2, 0) is 9.53 Å². The SMILES string of the molecule is [CH2]OC(CCCCCCCCCC)CN[C]=O. The topological polar surface area (TPSA) is 38.3 Å². The van der Waals surface area contributed by atoms with Gasteiger partial charge in [-0.05, 0) is 6.42 Å². The van der Waals surface area contributed by atoms with E-state index in [2.05, 4.69) is 19.4 Å². The number of hydrogen-bond acceptors (Lipinski definition) is 2. The fraction of sp³-hybridized carbons (Fsp3) is 0.857. The maximum atomic E-state index is 10.0. The molecular weight excluding hydrogens is 214 g/mol. The van der Waals surface area contributed by atoms with Gasteiger partial charge in [0, 0.05) is 6.54 Å². The number of carbonyl (C=O) groups excluding carboxylic acids is 1. The number of unbranched alkanes of at least 4 members (excludes halogenated alkanes) is 7. The molecule has 100 valence electrons. The van der Waals surface area contributed by atoms with Crippen molar-refractivity contribution in [1.29, 1.82) is 0 Å². The van der Waals surface area contributed by atoms with Crippen molar-refractivity contribution in [3.05, 3.63) is 7.11 Å². The molecule has 0 aromatic heterocycles. The van der Waals surface area contributed by atoms with Gasteiger partial charge in [-0.15, -0.1) is 0 Å². The van der Waals surface area contributed by atoms with Crippen LogP contribution in [0.25, 0.3) is 0 Å². The van der Waals surface area contributed by atoms with E-state index in [1.165, 1.54) is 44.9 Å². The van der Waals surface area contributed by atoms with Crippen LogP contribution in [-0.4, -0.2) is 19.1 Å². The summed E-state index contributed by atoms with van der Waals surface area (Å²) in [5.74, 6) is 0. The summed E-state index contributed by atoms with van der Waals surface area (Å²) in [6, 6.07) is 0. The monoisotopic (exact) mass is 241 g/mol. The van der Waals surface area contributed by atoms with Gasteiger partial charge in [0.05, 0.1) is 13.2 Å². The lowest BCUT2D eigenvalue weighted by atomic mass is 10.1. The van der Waals surface area contributed by atoms with Gasteiger partial charge in [-0.2, -0.15) is 0 Å². The van der Waals surface area contributed by atoms with Crippen LogP contribution in [0.2, 0.25) is 0 Å². The maximum Gasteiger partial charge on any atom is 0.309 e. The fourth-order valence-electron chi connectivity index (χ4n) is 1.91. The summed E-state index contributed by atoms with van der Waals surface area (Å²) in [6.45, 7) is 2.76. The second-order valence-corrected chi connectivity index (χ2v) is 4.54. The van der Waals surface area contributed by atoms with Gasteiger partial charge in [0.15, 0.2) is 0 Å². The quantitative estimate of drug-likeness (QED) is 0.397. The minimum atomic E-state index is 0.0385. The molecule has 0 aliphatic heterocycles. The van der Waals surface area contributed by atoms with Crippen LogP contribution >= 0.6 is 0 Å². The average Bonchev–Trinajstić information content (AvgIpc) is 2.36. The highest BCUT2D eigenvalue weighted by Crippen LogP contribution is 2.11. The Hall–Kier alpha value is -0.570. The van der Waals surface area contributed by atoms with Crippen molar-refractivity contribution in [3.63, 3.8) is 0 Å². The highest BCUT2D eigenvalue weighted by atomic mass is 16.5. The third kappa shape index (κ3) is 11.7. The summed E-state index contributed by atoms with van der Waals surface area (Å²) in [7, 11) is 3.42. The Morgan fingerprint density at radius 3 is 2.24 bits per heavy atom. The van der Waals surface area contributed by atoms with E-state index in [0.29, 0.717) is 6.54 Å². The third-order valence-corrected chi connectivity index (χ3v) is 3.02. The molecular formula is C14H27NO2. The van der Waals surface area contributed by atoms with E-state index in [-0.39, 0.29) is 6.10 Å². The summed E-state index contributed by atoms with van der Waals surface area (Å²) in [6.07, 6.45) is 13.1. The molecule has 0 saturated carbocycles. The van der Waals surface area contributed by atoms with Crippen LogP contribution in [0.4, 0.5) is 0 Å². The molecule has 0 aliphatic rings. The fourth-order valence-corrected chi connectivity index (χ4v) is 1.91. The summed E-state index contributed by atoms with van der Waals surface area (Å²) in [5.41, 5.74) is 0. The number of ether oxygens (including phenoxy) is 1. The molecule has 17 heavy (non-hydrogen) atoms. The van der Waals surface area contributed by atoms with Crippen LogP contribution in [0.1, 0.15) is 64.7 Å². The molecule has 2 radical (unpaired) electrons. The Bertz CT molecular complexity index is 162. The molecule has 0 rings (SSSR count). The van der Waals surface area contributed by atoms with E-state index in [9.17, 15) is 4.79 Å². The van der Waals surface area contributed by atoms with E-state index in [4.69, 9.17) is 4.74 Å². The predicted molar refractivity (Wildman–Crippen MR) is 71.2 cm³/mol. The van der Waals surface area contributed by atoms with Crippen molar-refractivity contribution >= 4 is 6.41 Å². The molecule has 1 amide bonds. The van der Waals surface area contributed by atoms with Gasteiger partial charge < -0.3 is 10.1 Å². The molecule has 0 aliphatic carbocycles. The van der Waals surface area contributed by atoms with Gasteiger partial charge in [0.2, 0.25) is 0 Å². The van der Waals surface area contributed by atoms with E-state index < -0.39 is 0 Å². The first-order valence-electron chi connectivity index (χ1n) is 6.86. The van der Waals surface area contributed by atoms with Crippen LogP contribution in [0.5, 0.6) is 0 Å². The Balaban J connectivity index is 3.21. The lowest BCUT2D eigenvalue weighted by Gasteiger charge is -2.13. The van der Waals surface area contributed by atoms with E-state index in [1.54, 1.807) is 6.41 Å². The van der Waals surface area contributed by atoms with Crippen LogP contribution < -0.4 is 5.32 Å². The van der Waals surface area contributed by atoms with Gasteiger partial charge in [0.1, 0.15) is 0 Å². The van der Waals surface area contributed by atoms with Crippen molar-refractivity contribution in [2.75, 3.05) is 6.54 Å². The number of amides is 1. The van der Waals surface area contributed by atoms with Crippen molar-refractivity contribution in [3.8, 4) is 0 Å². The van der Waals surface area contributed by atoms with Gasteiger partial charge in [-0.1, -0.05) is 58.3 Å². The molecule has 1 N–H and O–H groups in total.